The molecular formula is C4H7NO. The molecule has 0 bridgehead atoms. The molecule has 0 spiro atoms. The van der Waals surface area contributed by atoms with Gasteiger partial charge in [0.1, 0.15) is 0 Å². The van der Waals surface area contributed by atoms with E-state index in [0.717, 1.165) is 0 Å². The highest BCUT2D eigenvalue weighted by atomic mass is 16.3. The molecule has 34 valence electrons. The summed E-state index contributed by atoms with van der Waals surface area (Å²) in [7, 11) is 0. The zero-order valence-corrected chi connectivity index (χ0v) is 3.65. The molecule has 0 aliphatic heterocycles. The van der Waals surface area contributed by atoms with Crippen LogP contribution in [-0.2, 0) is 0 Å². The van der Waals surface area contributed by atoms with Crippen LogP contribution >= 0.6 is 0 Å². The molecule has 0 heterocycles. The number of rotatable bonds is 1. The van der Waals surface area contributed by atoms with E-state index < -0.39 is 0 Å². The second kappa shape index (κ2) is 2.49. The van der Waals surface area contributed by atoms with Crippen molar-refractivity contribution in [1.82, 2.24) is 0 Å². The smallest absolute Gasteiger partial charge is 0.153 e. The Morgan fingerprint density at radius 3 is 2.50 bits per heavy atom. The van der Waals surface area contributed by atoms with Crippen molar-refractivity contribution < 1.29 is 5.11 Å². The Hall–Kier alpha value is -0.750. The molecule has 0 saturated heterocycles. The third-order valence-corrected chi connectivity index (χ3v) is 0.479. The van der Waals surface area contributed by atoms with Crippen LogP contribution in [0, 0.1) is 5.41 Å². The molecule has 0 fully saturated rings. The fourth-order valence-electron chi connectivity index (χ4n) is 0.0884. The summed E-state index contributed by atoms with van der Waals surface area (Å²) in [5.74, 6) is 1.85. The van der Waals surface area contributed by atoms with Crippen LogP contribution in [0.2, 0.25) is 0 Å². The molecule has 0 saturated carbocycles. The first-order valence-electron chi connectivity index (χ1n) is 1.78. The third kappa shape index (κ3) is 1.56. The minimum atomic E-state index is 0.00926. The second-order valence-corrected chi connectivity index (χ2v) is 0.925. The van der Waals surface area contributed by atoms with Gasteiger partial charge in [0.25, 0.3) is 0 Å². The molecule has 0 amide bonds. The standard InChI is InChI=1S/C4H7NO/c1-2-4(6)3-5/h5-6H,2H2,1H3. The molecular weight excluding hydrogens is 78.1 g/mol. The first-order chi connectivity index (χ1) is 2.81. The normalized spacial score (nSPS) is 6.83. The molecule has 2 N–H and O–H groups in total. The lowest BCUT2D eigenvalue weighted by Gasteiger charge is -1.78. The molecule has 6 heavy (non-hydrogen) atoms. The number of hydrogen-bond donors (Lipinski definition) is 2. The summed E-state index contributed by atoms with van der Waals surface area (Å²) in [6.45, 7) is 1.76. The van der Waals surface area contributed by atoms with Gasteiger partial charge in [0.15, 0.2) is 5.76 Å². The lowest BCUT2D eigenvalue weighted by atomic mass is 10.4. The highest BCUT2D eigenvalue weighted by Crippen LogP contribution is 1.83. The first-order valence-corrected chi connectivity index (χ1v) is 1.78. The Morgan fingerprint density at radius 2 is 2.50 bits per heavy atom. The van der Waals surface area contributed by atoms with Gasteiger partial charge < -0.3 is 5.11 Å². The maximum Gasteiger partial charge on any atom is 0.153 e. The van der Waals surface area contributed by atoms with E-state index in [1.165, 1.54) is 0 Å². The third-order valence-electron chi connectivity index (χ3n) is 0.479. The maximum absolute atomic E-state index is 8.28. The fourth-order valence-corrected chi connectivity index (χ4v) is 0.0884. The van der Waals surface area contributed by atoms with Crippen LogP contribution in [0.1, 0.15) is 13.3 Å². The minimum Gasteiger partial charge on any atom is -0.503 e. The predicted molar refractivity (Wildman–Crippen MR) is 24.2 cm³/mol. The molecule has 0 aliphatic rings. The van der Waals surface area contributed by atoms with Crippen LogP contribution in [0.4, 0.5) is 0 Å². The van der Waals surface area contributed by atoms with Crippen molar-refractivity contribution in [3.05, 3.63) is 5.76 Å². The molecule has 0 aromatic carbocycles. The van der Waals surface area contributed by atoms with Gasteiger partial charge in [-0.1, -0.05) is 6.92 Å². The lowest BCUT2D eigenvalue weighted by molar-refractivity contribution is 0.403. The summed E-state index contributed by atoms with van der Waals surface area (Å²) < 4.78 is 0. The molecule has 0 radical (unpaired) electrons. The van der Waals surface area contributed by atoms with Crippen LogP contribution in [0.15, 0.2) is 5.76 Å². The largest absolute Gasteiger partial charge is 0.503 e. The first kappa shape index (κ1) is 5.25. The van der Waals surface area contributed by atoms with E-state index in [-0.39, 0.29) is 5.76 Å². The Kier molecular flexibility index (Phi) is 2.17. The van der Waals surface area contributed by atoms with Gasteiger partial charge in [0, 0.05) is 12.3 Å². The van der Waals surface area contributed by atoms with Crippen LogP contribution in [-0.4, -0.2) is 11.0 Å². The lowest BCUT2D eigenvalue weighted by Crippen LogP contribution is -1.72. The molecule has 0 atom stereocenters. The Morgan fingerprint density at radius 1 is 2.00 bits per heavy atom. The van der Waals surface area contributed by atoms with E-state index in [9.17, 15) is 0 Å². The van der Waals surface area contributed by atoms with Crippen molar-refractivity contribution >= 4 is 5.87 Å². The minimum absolute atomic E-state index is 0.00926. The van der Waals surface area contributed by atoms with E-state index in [0.29, 0.717) is 6.42 Å². The highest BCUT2D eigenvalue weighted by Gasteiger charge is 1.76. The van der Waals surface area contributed by atoms with Crippen molar-refractivity contribution in [1.29, 1.82) is 5.41 Å². The van der Waals surface area contributed by atoms with Gasteiger partial charge in [-0.25, -0.2) is 0 Å². The van der Waals surface area contributed by atoms with Gasteiger partial charge in [-0.3, -0.25) is 5.41 Å². The zero-order valence-electron chi connectivity index (χ0n) is 3.65. The Balaban J connectivity index is 3.52. The average molecular weight is 85.1 g/mol. The topological polar surface area (TPSA) is 44.1 Å². The number of hydrogen-bond acceptors (Lipinski definition) is 2. The second-order valence-electron chi connectivity index (χ2n) is 0.925. The number of aliphatic hydroxyl groups is 1. The van der Waals surface area contributed by atoms with Crippen molar-refractivity contribution in [2.75, 3.05) is 0 Å². The number of nitrogens with one attached hydrogen (secondary N) is 1. The van der Waals surface area contributed by atoms with Crippen LogP contribution in [0.3, 0.4) is 0 Å². The van der Waals surface area contributed by atoms with Gasteiger partial charge in [0.2, 0.25) is 0 Å². The maximum atomic E-state index is 8.28. The molecule has 0 aliphatic carbocycles. The highest BCUT2D eigenvalue weighted by molar-refractivity contribution is 5.50. The summed E-state index contributed by atoms with van der Waals surface area (Å²) in [4.78, 5) is 0. The van der Waals surface area contributed by atoms with Crippen LogP contribution in [0.25, 0.3) is 0 Å². The quantitative estimate of drug-likeness (QED) is 0.363. The summed E-state index contributed by atoms with van der Waals surface area (Å²) in [5, 5.41) is 14.6. The zero-order chi connectivity index (χ0) is 4.99. The predicted octanol–water partition coefficient (Wildman–Crippen LogP) is 1.09. The van der Waals surface area contributed by atoms with Gasteiger partial charge in [-0.15, -0.1) is 0 Å². The summed E-state index contributed by atoms with van der Waals surface area (Å²) >= 11 is 0. The van der Waals surface area contributed by atoms with Crippen LogP contribution < -0.4 is 0 Å². The van der Waals surface area contributed by atoms with Crippen molar-refractivity contribution in [2.24, 2.45) is 0 Å². The molecule has 0 unspecified atom stereocenters. The Labute approximate surface area is 36.6 Å². The summed E-state index contributed by atoms with van der Waals surface area (Å²) in [5.41, 5.74) is 0. The van der Waals surface area contributed by atoms with Crippen LogP contribution in [0.5, 0.6) is 0 Å². The van der Waals surface area contributed by atoms with Crippen molar-refractivity contribution in [3.63, 3.8) is 0 Å². The molecule has 0 rings (SSSR count). The van der Waals surface area contributed by atoms with E-state index >= 15 is 0 Å². The molecule has 0 aromatic rings. The van der Waals surface area contributed by atoms with E-state index in [1.54, 1.807) is 6.92 Å². The van der Waals surface area contributed by atoms with E-state index in [4.69, 9.17) is 10.5 Å². The van der Waals surface area contributed by atoms with Gasteiger partial charge in [-0.2, -0.15) is 0 Å². The molecule has 2 heteroatoms. The van der Waals surface area contributed by atoms with Gasteiger partial charge in [-0.05, 0) is 0 Å². The Bertz CT molecular complexity index is 81.5. The van der Waals surface area contributed by atoms with Crippen molar-refractivity contribution in [2.45, 2.75) is 13.3 Å². The van der Waals surface area contributed by atoms with E-state index in [2.05, 4.69) is 0 Å². The van der Waals surface area contributed by atoms with Gasteiger partial charge >= 0.3 is 0 Å². The number of aliphatic hydroxyl groups excluding tert-OH is 1. The monoisotopic (exact) mass is 85.1 g/mol. The fraction of sp³-hybridized carbons (Fsp3) is 0.500. The SMILES string of the molecule is CCC(O)=C=N. The van der Waals surface area contributed by atoms with Crippen molar-refractivity contribution in [3.8, 4) is 0 Å². The number of allylic oxidation sites excluding steroid dienone is 1. The van der Waals surface area contributed by atoms with E-state index in [1.807, 2.05) is 5.87 Å². The van der Waals surface area contributed by atoms with Gasteiger partial charge in [0.05, 0.1) is 0 Å². The average Bonchev–Trinajstić information content (AvgIpc) is 1.65. The summed E-state index contributed by atoms with van der Waals surface area (Å²) in [6, 6.07) is 0. The molecule has 2 nitrogen and oxygen atoms in total. The summed E-state index contributed by atoms with van der Waals surface area (Å²) in [6.07, 6.45) is 0.503. The molecule has 0 aromatic heterocycles.